The third kappa shape index (κ3) is 4.01. The quantitative estimate of drug-likeness (QED) is 0.384. The molecule has 1 aromatic rings. The monoisotopic (exact) mass is 419 g/mol. The van der Waals surface area contributed by atoms with Crippen LogP contribution in [0.3, 0.4) is 0 Å². The molecule has 0 atom stereocenters. The molecule has 0 aliphatic carbocycles. The van der Waals surface area contributed by atoms with Crippen molar-refractivity contribution in [2.24, 2.45) is 0 Å². The van der Waals surface area contributed by atoms with E-state index in [1.807, 2.05) is 6.07 Å². The molecule has 3 nitrogen and oxygen atoms in total. The van der Waals surface area contributed by atoms with Crippen LogP contribution in [-0.2, 0) is 4.79 Å². The number of ether oxygens (including phenoxy) is 1. The van der Waals surface area contributed by atoms with E-state index < -0.39 is 9.76 Å². The van der Waals surface area contributed by atoms with Gasteiger partial charge in [-0.2, -0.15) is 5.26 Å². The van der Waals surface area contributed by atoms with Gasteiger partial charge in [0.05, 0.1) is 20.6 Å². The molecule has 90 valence electrons. The van der Waals surface area contributed by atoms with Crippen molar-refractivity contribution in [3.05, 3.63) is 26.6 Å². The van der Waals surface area contributed by atoms with Gasteiger partial charge in [0.25, 0.3) is 3.79 Å². The minimum atomic E-state index is -2.16. The summed E-state index contributed by atoms with van der Waals surface area (Å²) < 4.78 is 3.53. The first-order chi connectivity index (χ1) is 7.75. The summed E-state index contributed by atoms with van der Waals surface area (Å²) in [5, 5.41) is 8.73. The molecule has 1 aromatic carbocycles. The summed E-state index contributed by atoms with van der Waals surface area (Å²) in [6.07, 6.45) is 0. The van der Waals surface area contributed by atoms with Gasteiger partial charge in [0, 0.05) is 0 Å². The summed E-state index contributed by atoms with van der Waals surface area (Å²) >= 11 is 22.4. The molecule has 0 radical (unpaired) electrons. The Labute approximate surface area is 129 Å². The molecule has 0 saturated heterocycles. The molecule has 0 aliphatic rings. The van der Waals surface area contributed by atoms with Crippen molar-refractivity contribution >= 4 is 72.6 Å². The fourth-order valence-electron chi connectivity index (χ4n) is 0.873. The number of hydrogen-bond acceptors (Lipinski definition) is 3. The zero-order valence-corrected chi connectivity index (χ0v) is 13.2. The van der Waals surface area contributed by atoms with Gasteiger partial charge in [-0.3, -0.25) is 0 Å². The maximum atomic E-state index is 11.4. The molecular formula is C9H2Br2Cl3NO2. The predicted molar refractivity (Wildman–Crippen MR) is 72.5 cm³/mol. The van der Waals surface area contributed by atoms with Gasteiger partial charge in [0.15, 0.2) is 5.75 Å². The summed E-state index contributed by atoms with van der Waals surface area (Å²) in [6, 6.07) is 4.90. The van der Waals surface area contributed by atoms with E-state index in [4.69, 9.17) is 44.8 Å². The normalized spacial score (nSPS) is 10.8. The maximum Gasteiger partial charge on any atom is 0.364 e. The molecule has 0 aromatic heterocycles. The zero-order chi connectivity index (χ0) is 13.2. The van der Waals surface area contributed by atoms with Crippen LogP contribution < -0.4 is 4.74 Å². The third-order valence-electron chi connectivity index (χ3n) is 1.55. The maximum absolute atomic E-state index is 11.4. The van der Waals surface area contributed by atoms with Crippen molar-refractivity contribution in [3.63, 3.8) is 0 Å². The lowest BCUT2D eigenvalue weighted by atomic mass is 10.2. The number of benzene rings is 1. The molecule has 0 spiro atoms. The van der Waals surface area contributed by atoms with E-state index in [0.29, 0.717) is 14.5 Å². The van der Waals surface area contributed by atoms with Gasteiger partial charge < -0.3 is 4.74 Å². The first-order valence-electron chi connectivity index (χ1n) is 3.94. The highest BCUT2D eigenvalue weighted by Crippen LogP contribution is 2.37. The Morgan fingerprint density at radius 2 is 1.76 bits per heavy atom. The Morgan fingerprint density at radius 1 is 1.29 bits per heavy atom. The topological polar surface area (TPSA) is 50.1 Å². The van der Waals surface area contributed by atoms with Crippen molar-refractivity contribution in [1.82, 2.24) is 0 Å². The number of halogens is 5. The van der Waals surface area contributed by atoms with E-state index in [1.54, 1.807) is 0 Å². The minimum absolute atomic E-state index is 0.139. The van der Waals surface area contributed by atoms with Crippen LogP contribution in [0.5, 0.6) is 5.75 Å². The number of alkyl halides is 3. The van der Waals surface area contributed by atoms with Crippen LogP contribution in [0, 0.1) is 11.3 Å². The average molecular weight is 422 g/mol. The second-order valence-electron chi connectivity index (χ2n) is 2.77. The summed E-state index contributed by atoms with van der Waals surface area (Å²) in [4.78, 5) is 11.4. The number of nitriles is 1. The largest absolute Gasteiger partial charge is 0.421 e. The lowest BCUT2D eigenvalue weighted by molar-refractivity contribution is -0.133. The van der Waals surface area contributed by atoms with Crippen LogP contribution in [0.2, 0.25) is 0 Å². The van der Waals surface area contributed by atoms with Crippen LogP contribution in [0.25, 0.3) is 0 Å². The molecule has 8 heteroatoms. The van der Waals surface area contributed by atoms with Crippen molar-refractivity contribution in [1.29, 1.82) is 5.26 Å². The molecule has 0 amide bonds. The molecule has 0 N–H and O–H groups in total. The Balaban J connectivity index is 3.10. The highest BCUT2D eigenvalue weighted by atomic mass is 79.9. The lowest BCUT2D eigenvalue weighted by Crippen LogP contribution is -2.25. The number of nitrogens with zero attached hydrogens (tertiary/aromatic N) is 1. The van der Waals surface area contributed by atoms with Gasteiger partial charge in [0.1, 0.15) is 0 Å². The van der Waals surface area contributed by atoms with Gasteiger partial charge >= 0.3 is 5.97 Å². The molecule has 0 fully saturated rings. The molecule has 1 rings (SSSR count). The summed E-state index contributed by atoms with van der Waals surface area (Å²) in [5.41, 5.74) is 0.387. The molecule has 0 saturated carbocycles. The number of carbonyl (C=O) groups is 1. The SMILES string of the molecule is N#Cc1cc(Br)c(OC(=O)C(Cl)(Cl)Cl)c(Br)c1. The molecule has 0 aliphatic heterocycles. The second-order valence-corrected chi connectivity index (χ2v) is 6.76. The number of esters is 1. The van der Waals surface area contributed by atoms with Crippen LogP contribution in [-0.4, -0.2) is 9.76 Å². The van der Waals surface area contributed by atoms with Gasteiger partial charge in [-0.05, 0) is 44.0 Å². The van der Waals surface area contributed by atoms with Crippen molar-refractivity contribution in [3.8, 4) is 11.8 Å². The highest BCUT2D eigenvalue weighted by Gasteiger charge is 2.34. The third-order valence-corrected chi connectivity index (χ3v) is 3.19. The van der Waals surface area contributed by atoms with Gasteiger partial charge in [-0.1, -0.05) is 34.8 Å². The van der Waals surface area contributed by atoms with Crippen LogP contribution in [0.1, 0.15) is 5.56 Å². The number of rotatable bonds is 1. The van der Waals surface area contributed by atoms with E-state index in [1.165, 1.54) is 12.1 Å². The van der Waals surface area contributed by atoms with Crippen LogP contribution in [0.15, 0.2) is 21.1 Å². The summed E-state index contributed by atoms with van der Waals surface area (Å²) in [6.45, 7) is 0. The second kappa shape index (κ2) is 5.77. The molecule has 17 heavy (non-hydrogen) atoms. The Bertz CT molecular complexity index is 485. The smallest absolute Gasteiger partial charge is 0.364 e. The predicted octanol–water partition coefficient (Wildman–Crippen LogP) is 4.36. The molecule has 0 bridgehead atoms. The first kappa shape index (κ1) is 15.1. The van der Waals surface area contributed by atoms with Crippen LogP contribution in [0.4, 0.5) is 0 Å². The van der Waals surface area contributed by atoms with Crippen molar-refractivity contribution < 1.29 is 9.53 Å². The van der Waals surface area contributed by atoms with E-state index >= 15 is 0 Å². The average Bonchev–Trinajstić information content (AvgIpc) is 2.21. The Hall–Kier alpha value is 0.01000. The minimum Gasteiger partial charge on any atom is -0.421 e. The number of carbonyl (C=O) groups excluding carboxylic acids is 1. The fraction of sp³-hybridized carbons (Fsp3) is 0.111. The standard InChI is InChI=1S/C9H2Br2Cl3NO2/c10-5-1-4(3-15)2-6(11)7(5)17-8(16)9(12,13)14/h1-2H. The fourth-order valence-corrected chi connectivity index (χ4v) is 2.34. The van der Waals surface area contributed by atoms with E-state index in [0.717, 1.165) is 0 Å². The highest BCUT2D eigenvalue weighted by molar-refractivity contribution is 9.11. The summed E-state index contributed by atoms with van der Waals surface area (Å²) in [5.74, 6) is -0.895. The van der Waals surface area contributed by atoms with Crippen molar-refractivity contribution in [2.75, 3.05) is 0 Å². The van der Waals surface area contributed by atoms with Gasteiger partial charge in [-0.15, -0.1) is 0 Å². The van der Waals surface area contributed by atoms with Gasteiger partial charge in [0.2, 0.25) is 0 Å². The summed E-state index contributed by atoms with van der Waals surface area (Å²) in [7, 11) is 0. The van der Waals surface area contributed by atoms with E-state index in [9.17, 15) is 4.79 Å². The molecular weight excluding hydrogens is 420 g/mol. The molecule has 0 heterocycles. The lowest BCUT2D eigenvalue weighted by Gasteiger charge is -2.12. The van der Waals surface area contributed by atoms with Crippen molar-refractivity contribution in [2.45, 2.75) is 3.79 Å². The molecule has 0 unspecified atom stereocenters. The Morgan fingerprint density at radius 3 is 2.12 bits per heavy atom. The van der Waals surface area contributed by atoms with Gasteiger partial charge in [-0.25, -0.2) is 4.79 Å². The van der Waals surface area contributed by atoms with E-state index in [2.05, 4.69) is 31.9 Å². The first-order valence-corrected chi connectivity index (χ1v) is 6.66. The zero-order valence-electron chi connectivity index (χ0n) is 7.81. The van der Waals surface area contributed by atoms with E-state index in [-0.39, 0.29) is 5.75 Å². The Kier molecular flexibility index (Phi) is 5.11. The van der Waals surface area contributed by atoms with Crippen LogP contribution >= 0.6 is 66.7 Å². The number of hydrogen-bond donors (Lipinski definition) is 0.